The maximum atomic E-state index is 12.3. The van der Waals surface area contributed by atoms with Crippen LogP contribution in [0, 0.1) is 13.8 Å². The quantitative estimate of drug-likeness (QED) is 0.760. The molecule has 0 aliphatic heterocycles. The fourth-order valence-electron chi connectivity index (χ4n) is 2.27. The van der Waals surface area contributed by atoms with Crippen molar-refractivity contribution in [2.75, 3.05) is 6.54 Å². The lowest BCUT2D eigenvalue weighted by Gasteiger charge is -2.06. The number of unbranched alkanes of at least 4 members (excludes halogenated alkanes) is 2. The molecule has 0 aromatic carbocycles. The molecule has 2 heterocycles. The lowest BCUT2D eigenvalue weighted by atomic mass is 10.1. The Labute approximate surface area is 127 Å². The van der Waals surface area contributed by atoms with Crippen LogP contribution >= 0.6 is 0 Å². The third kappa shape index (κ3) is 3.81. The third-order valence-corrected chi connectivity index (χ3v) is 3.34. The summed E-state index contributed by atoms with van der Waals surface area (Å²) >= 11 is 0. The van der Waals surface area contributed by atoms with Gasteiger partial charge in [0.1, 0.15) is 0 Å². The average Bonchev–Trinajstić information content (AvgIpc) is 2.82. The SMILES string of the molecule is Cc1cc(C(=O)NCCCCCC(=O)O)c2c(C)noc2n1. The molecule has 2 aromatic heterocycles. The second-order valence-corrected chi connectivity index (χ2v) is 5.22. The minimum atomic E-state index is -0.790. The predicted octanol–water partition coefficient (Wildman–Crippen LogP) is 2.21. The molecule has 0 spiro atoms. The van der Waals surface area contributed by atoms with Gasteiger partial charge in [-0.2, -0.15) is 0 Å². The van der Waals surface area contributed by atoms with Crippen molar-refractivity contribution in [3.8, 4) is 0 Å². The highest BCUT2D eigenvalue weighted by Gasteiger charge is 2.17. The van der Waals surface area contributed by atoms with Crippen LogP contribution < -0.4 is 5.32 Å². The van der Waals surface area contributed by atoms with Gasteiger partial charge in [-0.05, 0) is 32.8 Å². The number of rotatable bonds is 7. The molecule has 1 amide bonds. The molecule has 0 aliphatic rings. The number of carbonyl (C=O) groups is 2. The highest BCUT2D eigenvalue weighted by molar-refractivity contribution is 6.05. The van der Waals surface area contributed by atoms with Crippen LogP contribution in [0.4, 0.5) is 0 Å². The van der Waals surface area contributed by atoms with E-state index in [9.17, 15) is 9.59 Å². The lowest BCUT2D eigenvalue weighted by molar-refractivity contribution is -0.137. The second kappa shape index (κ2) is 7.02. The zero-order valence-corrected chi connectivity index (χ0v) is 12.7. The molecule has 7 heteroatoms. The minimum Gasteiger partial charge on any atom is -0.481 e. The Morgan fingerprint density at radius 2 is 2.05 bits per heavy atom. The summed E-state index contributed by atoms with van der Waals surface area (Å²) < 4.78 is 5.10. The first kappa shape index (κ1) is 15.9. The molecular weight excluding hydrogens is 286 g/mol. The molecule has 2 N–H and O–H groups in total. The summed E-state index contributed by atoms with van der Waals surface area (Å²) in [6.07, 6.45) is 2.30. The summed E-state index contributed by atoms with van der Waals surface area (Å²) in [5.74, 6) is -0.985. The molecule has 0 atom stereocenters. The number of aliphatic carboxylic acids is 1. The molecule has 22 heavy (non-hydrogen) atoms. The minimum absolute atomic E-state index is 0.165. The molecule has 0 saturated heterocycles. The van der Waals surface area contributed by atoms with Crippen molar-refractivity contribution in [3.63, 3.8) is 0 Å². The van der Waals surface area contributed by atoms with Crippen LogP contribution in [0.5, 0.6) is 0 Å². The second-order valence-electron chi connectivity index (χ2n) is 5.22. The molecule has 0 saturated carbocycles. The fourth-order valence-corrected chi connectivity index (χ4v) is 2.27. The van der Waals surface area contributed by atoms with Crippen LogP contribution in [0.2, 0.25) is 0 Å². The van der Waals surface area contributed by atoms with E-state index in [-0.39, 0.29) is 12.3 Å². The van der Waals surface area contributed by atoms with E-state index in [0.717, 1.165) is 12.8 Å². The Bertz CT molecular complexity index is 693. The number of nitrogens with one attached hydrogen (secondary N) is 1. The van der Waals surface area contributed by atoms with Gasteiger partial charge < -0.3 is 14.9 Å². The van der Waals surface area contributed by atoms with Crippen LogP contribution in [0.3, 0.4) is 0 Å². The van der Waals surface area contributed by atoms with Gasteiger partial charge in [0.05, 0.1) is 16.6 Å². The van der Waals surface area contributed by atoms with Gasteiger partial charge in [0, 0.05) is 18.7 Å². The number of aromatic nitrogens is 2. The van der Waals surface area contributed by atoms with E-state index < -0.39 is 5.97 Å². The summed E-state index contributed by atoms with van der Waals surface area (Å²) in [7, 11) is 0. The summed E-state index contributed by atoms with van der Waals surface area (Å²) in [6.45, 7) is 4.07. The van der Waals surface area contributed by atoms with Crippen LogP contribution in [0.25, 0.3) is 11.1 Å². The Morgan fingerprint density at radius 1 is 1.27 bits per heavy atom. The van der Waals surface area contributed by atoms with Gasteiger partial charge in [-0.25, -0.2) is 4.98 Å². The molecular formula is C15H19N3O4. The molecule has 118 valence electrons. The van der Waals surface area contributed by atoms with Crippen LogP contribution in [0.1, 0.15) is 47.4 Å². The molecule has 0 fully saturated rings. The summed E-state index contributed by atoms with van der Waals surface area (Å²) in [5.41, 5.74) is 2.19. The monoisotopic (exact) mass is 305 g/mol. The van der Waals surface area contributed by atoms with E-state index in [2.05, 4.69) is 15.5 Å². The zero-order chi connectivity index (χ0) is 16.1. The van der Waals surface area contributed by atoms with Gasteiger partial charge in [0.2, 0.25) is 0 Å². The number of carboxylic acids is 1. The number of nitrogens with zero attached hydrogens (tertiary/aromatic N) is 2. The maximum absolute atomic E-state index is 12.3. The molecule has 0 bridgehead atoms. The third-order valence-electron chi connectivity index (χ3n) is 3.34. The van der Waals surface area contributed by atoms with E-state index in [0.29, 0.717) is 41.0 Å². The van der Waals surface area contributed by atoms with Crippen molar-refractivity contribution in [3.05, 3.63) is 23.0 Å². The van der Waals surface area contributed by atoms with Gasteiger partial charge in [0.25, 0.3) is 11.6 Å². The van der Waals surface area contributed by atoms with Gasteiger partial charge in [0.15, 0.2) is 0 Å². The molecule has 7 nitrogen and oxygen atoms in total. The number of pyridine rings is 1. The van der Waals surface area contributed by atoms with Crippen molar-refractivity contribution < 1.29 is 19.2 Å². The Kier molecular flexibility index (Phi) is 5.08. The Morgan fingerprint density at radius 3 is 2.77 bits per heavy atom. The number of amides is 1. The van der Waals surface area contributed by atoms with Crippen molar-refractivity contribution in [1.82, 2.24) is 15.5 Å². The van der Waals surface area contributed by atoms with E-state index in [1.54, 1.807) is 19.9 Å². The van der Waals surface area contributed by atoms with E-state index in [4.69, 9.17) is 9.63 Å². The number of hydrogen-bond donors (Lipinski definition) is 2. The molecule has 2 rings (SSSR count). The number of aryl methyl sites for hydroxylation is 2. The highest BCUT2D eigenvalue weighted by atomic mass is 16.5. The molecule has 0 unspecified atom stereocenters. The molecule has 0 radical (unpaired) electrons. The molecule has 0 aliphatic carbocycles. The number of fused-ring (bicyclic) bond motifs is 1. The standard InChI is InChI=1S/C15H19N3O4/c1-9-8-11(13-10(2)18-22-15(13)17-9)14(21)16-7-5-3-4-6-12(19)20/h8H,3-7H2,1-2H3,(H,16,21)(H,19,20). The Hall–Kier alpha value is -2.44. The average molecular weight is 305 g/mol. The number of carboxylic acid groups (broad SMARTS) is 1. The summed E-state index contributed by atoms with van der Waals surface area (Å²) in [4.78, 5) is 26.9. The topological polar surface area (TPSA) is 105 Å². The lowest BCUT2D eigenvalue weighted by Crippen LogP contribution is -2.25. The van der Waals surface area contributed by atoms with Crippen molar-refractivity contribution in [2.24, 2.45) is 0 Å². The highest BCUT2D eigenvalue weighted by Crippen LogP contribution is 2.21. The number of carbonyl (C=O) groups excluding carboxylic acids is 1. The smallest absolute Gasteiger partial charge is 0.303 e. The van der Waals surface area contributed by atoms with Gasteiger partial charge in [-0.3, -0.25) is 9.59 Å². The normalized spacial score (nSPS) is 10.8. The van der Waals surface area contributed by atoms with Crippen molar-refractivity contribution >= 4 is 23.0 Å². The van der Waals surface area contributed by atoms with Gasteiger partial charge in [-0.1, -0.05) is 11.6 Å². The summed E-state index contributed by atoms with van der Waals surface area (Å²) in [5, 5.41) is 15.9. The summed E-state index contributed by atoms with van der Waals surface area (Å²) in [6, 6.07) is 1.71. The first-order valence-corrected chi connectivity index (χ1v) is 7.22. The fraction of sp³-hybridized carbons (Fsp3) is 0.467. The van der Waals surface area contributed by atoms with Crippen LogP contribution in [-0.4, -0.2) is 33.7 Å². The Balaban J connectivity index is 1.95. The molecule has 2 aromatic rings. The predicted molar refractivity (Wildman–Crippen MR) is 79.7 cm³/mol. The maximum Gasteiger partial charge on any atom is 0.303 e. The van der Waals surface area contributed by atoms with E-state index in [1.807, 2.05) is 0 Å². The van der Waals surface area contributed by atoms with Gasteiger partial charge in [-0.15, -0.1) is 0 Å². The van der Waals surface area contributed by atoms with Crippen molar-refractivity contribution in [1.29, 1.82) is 0 Å². The van der Waals surface area contributed by atoms with Gasteiger partial charge >= 0.3 is 5.97 Å². The van der Waals surface area contributed by atoms with E-state index in [1.165, 1.54) is 0 Å². The van der Waals surface area contributed by atoms with E-state index >= 15 is 0 Å². The largest absolute Gasteiger partial charge is 0.481 e. The zero-order valence-electron chi connectivity index (χ0n) is 12.7. The van der Waals surface area contributed by atoms with Crippen LogP contribution in [-0.2, 0) is 4.79 Å². The van der Waals surface area contributed by atoms with Crippen LogP contribution in [0.15, 0.2) is 10.6 Å². The number of hydrogen-bond acceptors (Lipinski definition) is 5. The first-order chi connectivity index (χ1) is 10.5. The van der Waals surface area contributed by atoms with Crippen molar-refractivity contribution in [2.45, 2.75) is 39.5 Å². The first-order valence-electron chi connectivity index (χ1n) is 7.22.